The van der Waals surface area contributed by atoms with Crippen LogP contribution in [-0.4, -0.2) is 30.8 Å². The Morgan fingerprint density at radius 3 is 2.76 bits per heavy atom. The third-order valence-corrected chi connectivity index (χ3v) is 4.98. The molecule has 0 saturated carbocycles. The lowest BCUT2D eigenvalue weighted by Crippen LogP contribution is -2.34. The Bertz CT molecular complexity index is 554. The van der Waals surface area contributed by atoms with Crippen LogP contribution in [-0.2, 0) is 10.0 Å². The van der Waals surface area contributed by atoms with Crippen molar-refractivity contribution in [3.8, 4) is 0 Å². The predicted molar refractivity (Wildman–Crippen MR) is 69.1 cm³/mol. The summed E-state index contributed by atoms with van der Waals surface area (Å²) in [4.78, 5) is 4.13. The summed E-state index contributed by atoms with van der Waals surface area (Å²) >= 11 is 3.23. The number of pyridine rings is 1. The molecule has 92 valence electrons. The number of hydrogen-bond donors (Lipinski definition) is 0. The summed E-state index contributed by atoms with van der Waals surface area (Å²) in [6.45, 7) is 3.00. The van der Waals surface area contributed by atoms with Crippen molar-refractivity contribution in [1.82, 2.24) is 9.29 Å². The molecular weight excluding hydrogens is 304 g/mol. The highest BCUT2D eigenvalue weighted by molar-refractivity contribution is 9.10. The first-order chi connectivity index (χ1) is 8.00. The van der Waals surface area contributed by atoms with Crippen molar-refractivity contribution in [2.24, 2.45) is 0 Å². The molecule has 1 aromatic heterocycles. The molecule has 0 radical (unpaired) electrons. The summed E-state index contributed by atoms with van der Waals surface area (Å²) in [5.74, 6) is 0. The van der Waals surface area contributed by atoms with Crippen LogP contribution < -0.4 is 0 Å². The van der Waals surface area contributed by atoms with Crippen LogP contribution in [0.3, 0.4) is 0 Å². The number of nitrogens with zero attached hydrogens (tertiary/aromatic N) is 2. The van der Waals surface area contributed by atoms with Crippen LogP contribution in [0, 0.1) is 0 Å². The SMILES string of the molecule is CC1=CCN(S(=O)(=O)c2cncc(Br)c2)CC1. The van der Waals surface area contributed by atoms with Crippen molar-refractivity contribution in [2.45, 2.75) is 18.2 Å². The zero-order valence-electron chi connectivity index (χ0n) is 9.43. The van der Waals surface area contributed by atoms with Gasteiger partial charge in [0.2, 0.25) is 10.0 Å². The fourth-order valence-corrected chi connectivity index (χ4v) is 3.54. The van der Waals surface area contributed by atoms with Gasteiger partial charge in [-0.05, 0) is 35.3 Å². The molecule has 0 saturated heterocycles. The van der Waals surface area contributed by atoms with Gasteiger partial charge in [0.15, 0.2) is 0 Å². The number of halogens is 1. The minimum atomic E-state index is -3.41. The minimum Gasteiger partial charge on any atom is -0.262 e. The molecule has 2 rings (SSSR count). The standard InChI is InChI=1S/C11H13BrN2O2S/c1-9-2-4-14(5-3-9)17(15,16)11-6-10(12)7-13-8-11/h2,6-8H,3-5H2,1H3. The molecule has 0 unspecified atom stereocenters. The van der Waals surface area contributed by atoms with Gasteiger partial charge in [0.25, 0.3) is 0 Å². The summed E-state index contributed by atoms with van der Waals surface area (Å²) in [7, 11) is -3.41. The third-order valence-electron chi connectivity index (χ3n) is 2.72. The molecule has 0 aromatic carbocycles. The molecule has 2 heterocycles. The van der Waals surface area contributed by atoms with Gasteiger partial charge in [-0.25, -0.2) is 8.42 Å². The van der Waals surface area contributed by atoms with E-state index in [9.17, 15) is 8.42 Å². The molecule has 17 heavy (non-hydrogen) atoms. The van der Waals surface area contributed by atoms with Crippen LogP contribution in [0.25, 0.3) is 0 Å². The van der Waals surface area contributed by atoms with Gasteiger partial charge in [-0.3, -0.25) is 4.98 Å². The van der Waals surface area contributed by atoms with Crippen LogP contribution in [0.1, 0.15) is 13.3 Å². The number of hydrogen-bond acceptors (Lipinski definition) is 3. The fraction of sp³-hybridized carbons (Fsp3) is 0.364. The van der Waals surface area contributed by atoms with E-state index in [1.807, 2.05) is 13.0 Å². The molecule has 0 N–H and O–H groups in total. The molecule has 0 aliphatic carbocycles. The van der Waals surface area contributed by atoms with Gasteiger partial charge < -0.3 is 0 Å². The minimum absolute atomic E-state index is 0.236. The van der Waals surface area contributed by atoms with E-state index in [-0.39, 0.29) is 4.90 Å². The molecule has 1 aliphatic rings. The summed E-state index contributed by atoms with van der Waals surface area (Å²) in [6.07, 6.45) is 5.69. The van der Waals surface area contributed by atoms with Crippen LogP contribution in [0.4, 0.5) is 0 Å². The van der Waals surface area contributed by atoms with Crippen molar-refractivity contribution in [3.63, 3.8) is 0 Å². The van der Waals surface area contributed by atoms with Gasteiger partial charge in [-0.2, -0.15) is 4.31 Å². The lowest BCUT2D eigenvalue weighted by Gasteiger charge is -2.24. The van der Waals surface area contributed by atoms with E-state index >= 15 is 0 Å². The van der Waals surface area contributed by atoms with Gasteiger partial charge in [-0.15, -0.1) is 0 Å². The van der Waals surface area contributed by atoms with Crippen molar-refractivity contribution in [2.75, 3.05) is 13.1 Å². The zero-order chi connectivity index (χ0) is 12.5. The van der Waals surface area contributed by atoms with Crippen LogP contribution in [0.2, 0.25) is 0 Å². The average Bonchev–Trinajstić information content (AvgIpc) is 2.29. The number of aromatic nitrogens is 1. The van der Waals surface area contributed by atoms with Crippen molar-refractivity contribution in [3.05, 3.63) is 34.6 Å². The summed E-state index contributed by atoms with van der Waals surface area (Å²) < 4.78 is 26.7. The Kier molecular flexibility index (Phi) is 3.65. The monoisotopic (exact) mass is 316 g/mol. The molecule has 0 atom stereocenters. The normalized spacial score (nSPS) is 17.9. The van der Waals surface area contributed by atoms with Gasteiger partial charge >= 0.3 is 0 Å². The Labute approximate surface area is 110 Å². The smallest absolute Gasteiger partial charge is 0.244 e. The maximum atomic E-state index is 12.3. The van der Waals surface area contributed by atoms with E-state index in [1.165, 1.54) is 16.1 Å². The quantitative estimate of drug-likeness (QED) is 0.786. The molecule has 0 fully saturated rings. The number of rotatable bonds is 2. The number of sulfonamides is 1. The second-order valence-electron chi connectivity index (χ2n) is 4.00. The van der Waals surface area contributed by atoms with Gasteiger partial charge in [-0.1, -0.05) is 11.6 Å². The van der Waals surface area contributed by atoms with E-state index in [2.05, 4.69) is 20.9 Å². The first kappa shape index (κ1) is 12.7. The van der Waals surface area contributed by atoms with E-state index in [0.29, 0.717) is 17.6 Å². The van der Waals surface area contributed by atoms with E-state index in [1.54, 1.807) is 12.3 Å². The van der Waals surface area contributed by atoms with Crippen LogP contribution in [0.15, 0.2) is 39.5 Å². The molecule has 0 amide bonds. The Hall–Kier alpha value is -0.720. The van der Waals surface area contributed by atoms with E-state index in [0.717, 1.165) is 6.42 Å². The maximum Gasteiger partial charge on any atom is 0.244 e. The third kappa shape index (κ3) is 2.75. The topological polar surface area (TPSA) is 50.3 Å². The molecule has 0 bridgehead atoms. The second-order valence-corrected chi connectivity index (χ2v) is 6.86. The highest BCUT2D eigenvalue weighted by Crippen LogP contribution is 2.21. The molecule has 4 nitrogen and oxygen atoms in total. The van der Waals surface area contributed by atoms with Crippen molar-refractivity contribution in [1.29, 1.82) is 0 Å². The van der Waals surface area contributed by atoms with E-state index < -0.39 is 10.0 Å². The molecule has 6 heteroatoms. The molecule has 1 aliphatic heterocycles. The maximum absolute atomic E-state index is 12.3. The Morgan fingerprint density at radius 1 is 1.41 bits per heavy atom. The van der Waals surface area contributed by atoms with E-state index in [4.69, 9.17) is 0 Å². The van der Waals surface area contributed by atoms with Crippen LogP contribution >= 0.6 is 15.9 Å². The largest absolute Gasteiger partial charge is 0.262 e. The van der Waals surface area contributed by atoms with Crippen LogP contribution in [0.5, 0.6) is 0 Å². The molecular formula is C11H13BrN2O2S. The predicted octanol–water partition coefficient (Wildman–Crippen LogP) is 2.18. The fourth-order valence-electron chi connectivity index (χ4n) is 1.65. The summed E-state index contributed by atoms with van der Waals surface area (Å²) in [5, 5.41) is 0. The second kappa shape index (κ2) is 4.88. The van der Waals surface area contributed by atoms with Gasteiger partial charge in [0, 0.05) is 30.0 Å². The zero-order valence-corrected chi connectivity index (χ0v) is 11.8. The van der Waals surface area contributed by atoms with Crippen molar-refractivity contribution >= 4 is 26.0 Å². The van der Waals surface area contributed by atoms with Gasteiger partial charge in [0.05, 0.1) is 0 Å². The average molecular weight is 317 g/mol. The Morgan fingerprint density at radius 2 is 2.18 bits per heavy atom. The lowest BCUT2D eigenvalue weighted by atomic mass is 10.1. The first-order valence-corrected chi connectivity index (χ1v) is 7.50. The summed E-state index contributed by atoms with van der Waals surface area (Å²) in [5.41, 5.74) is 1.24. The van der Waals surface area contributed by atoms with Crippen molar-refractivity contribution < 1.29 is 8.42 Å². The Balaban J connectivity index is 2.31. The highest BCUT2D eigenvalue weighted by Gasteiger charge is 2.25. The molecule has 0 spiro atoms. The lowest BCUT2D eigenvalue weighted by molar-refractivity contribution is 0.431. The summed E-state index contributed by atoms with van der Waals surface area (Å²) in [6, 6.07) is 1.58. The first-order valence-electron chi connectivity index (χ1n) is 5.26. The molecule has 1 aromatic rings. The highest BCUT2D eigenvalue weighted by atomic mass is 79.9. The van der Waals surface area contributed by atoms with Gasteiger partial charge in [0.1, 0.15) is 4.90 Å².